The highest BCUT2D eigenvalue weighted by molar-refractivity contribution is 7.13. The topological polar surface area (TPSA) is 59.0 Å². The van der Waals surface area contributed by atoms with Crippen LogP contribution in [0.3, 0.4) is 0 Å². The van der Waals surface area contributed by atoms with E-state index in [0.717, 1.165) is 10.7 Å². The molecule has 2 heterocycles. The number of carbonyl (C=O) groups is 1. The van der Waals surface area contributed by atoms with Crippen molar-refractivity contribution < 1.29 is 4.79 Å². The van der Waals surface area contributed by atoms with E-state index in [4.69, 9.17) is 0 Å². The van der Waals surface area contributed by atoms with E-state index in [9.17, 15) is 4.79 Å². The van der Waals surface area contributed by atoms with Crippen LogP contribution in [0.1, 0.15) is 40.3 Å². The summed E-state index contributed by atoms with van der Waals surface area (Å²) in [6.45, 7) is 4.57. The molecule has 0 atom stereocenters. The molecule has 2 aromatic heterocycles. The highest BCUT2D eigenvalue weighted by Gasteiger charge is 2.18. The van der Waals surface area contributed by atoms with Crippen LogP contribution in [0.2, 0.25) is 0 Å². The van der Waals surface area contributed by atoms with Gasteiger partial charge in [-0.3, -0.25) is 4.79 Å². The van der Waals surface area contributed by atoms with Gasteiger partial charge in [-0.05, 0) is 0 Å². The smallest absolute Gasteiger partial charge is 0.284 e. The lowest BCUT2D eigenvalue weighted by Crippen LogP contribution is -2.26. The van der Waals surface area contributed by atoms with E-state index in [1.807, 2.05) is 19.2 Å². The molecule has 5 nitrogen and oxygen atoms in total. The Morgan fingerprint density at radius 3 is 2.78 bits per heavy atom. The number of carbonyl (C=O) groups excluding carboxylic acids is 1. The monoisotopic (exact) mass is 282 g/mol. The number of hydrogen-bond acceptors (Lipinski definition) is 6. The van der Waals surface area contributed by atoms with Crippen molar-refractivity contribution >= 4 is 28.6 Å². The van der Waals surface area contributed by atoms with Gasteiger partial charge in [-0.2, -0.15) is 0 Å². The van der Waals surface area contributed by atoms with Gasteiger partial charge in [0, 0.05) is 18.3 Å². The number of hydrogen-bond donors (Lipinski definition) is 0. The van der Waals surface area contributed by atoms with E-state index in [1.165, 1.54) is 22.7 Å². The van der Waals surface area contributed by atoms with Crippen molar-refractivity contribution in [3.05, 3.63) is 26.6 Å². The maximum absolute atomic E-state index is 12.1. The van der Waals surface area contributed by atoms with E-state index < -0.39 is 0 Å². The molecule has 0 radical (unpaired) electrons. The summed E-state index contributed by atoms with van der Waals surface area (Å²) < 4.78 is 0. The molecule has 2 aromatic rings. The third-order valence-corrected chi connectivity index (χ3v) is 4.19. The molecule has 0 spiro atoms. The SMILES string of the molecule is CC(C)c1nnc(C(=O)N(C)Cc2cscn2)s1. The predicted molar refractivity (Wildman–Crippen MR) is 71.9 cm³/mol. The van der Waals surface area contributed by atoms with Crippen LogP contribution in [0.4, 0.5) is 0 Å². The summed E-state index contributed by atoms with van der Waals surface area (Å²) in [6.07, 6.45) is 0. The fraction of sp³-hybridized carbons (Fsp3) is 0.455. The molecule has 0 aliphatic carbocycles. The van der Waals surface area contributed by atoms with E-state index in [-0.39, 0.29) is 5.91 Å². The fourth-order valence-corrected chi connectivity index (χ4v) is 2.74. The van der Waals surface area contributed by atoms with Gasteiger partial charge in [0.05, 0.1) is 17.7 Å². The van der Waals surface area contributed by atoms with Crippen molar-refractivity contribution in [2.75, 3.05) is 7.05 Å². The Kier molecular flexibility index (Phi) is 4.03. The largest absolute Gasteiger partial charge is 0.334 e. The Hall–Kier alpha value is -1.34. The van der Waals surface area contributed by atoms with Crippen LogP contribution >= 0.6 is 22.7 Å². The average molecular weight is 282 g/mol. The number of aromatic nitrogens is 3. The molecule has 0 aromatic carbocycles. The molecule has 0 aliphatic rings. The molecule has 0 saturated carbocycles. The first-order valence-corrected chi connectivity index (χ1v) is 7.29. The Labute approximate surface area is 114 Å². The standard InChI is InChI=1S/C11H14N4OS2/c1-7(2)9-13-14-10(18-9)11(16)15(3)4-8-5-17-6-12-8/h5-7H,4H2,1-3H3. The first kappa shape index (κ1) is 13.1. The Balaban J connectivity index is 2.05. The third kappa shape index (κ3) is 2.91. The number of thiazole rings is 1. The van der Waals surface area contributed by atoms with Crippen molar-refractivity contribution in [3.63, 3.8) is 0 Å². The molecule has 0 unspecified atom stereocenters. The lowest BCUT2D eigenvalue weighted by molar-refractivity contribution is 0.0782. The van der Waals surface area contributed by atoms with Gasteiger partial charge >= 0.3 is 0 Å². The van der Waals surface area contributed by atoms with Gasteiger partial charge in [0.15, 0.2) is 0 Å². The molecular weight excluding hydrogens is 268 g/mol. The van der Waals surface area contributed by atoms with Crippen LogP contribution in [0.15, 0.2) is 10.9 Å². The summed E-state index contributed by atoms with van der Waals surface area (Å²) in [5.74, 6) is 0.195. The highest BCUT2D eigenvalue weighted by Crippen LogP contribution is 2.20. The first-order valence-electron chi connectivity index (χ1n) is 5.54. The molecular formula is C11H14N4OS2. The van der Waals surface area contributed by atoms with Crippen LogP contribution in [-0.2, 0) is 6.54 Å². The van der Waals surface area contributed by atoms with Gasteiger partial charge in [-0.1, -0.05) is 25.2 Å². The molecule has 1 amide bonds. The van der Waals surface area contributed by atoms with Gasteiger partial charge in [-0.15, -0.1) is 21.5 Å². The summed E-state index contributed by atoms with van der Waals surface area (Å²) in [5.41, 5.74) is 2.65. The second-order valence-corrected chi connectivity index (χ2v) is 5.97. The summed E-state index contributed by atoms with van der Waals surface area (Å²) in [6, 6.07) is 0. The second kappa shape index (κ2) is 5.53. The minimum absolute atomic E-state index is 0.104. The summed E-state index contributed by atoms with van der Waals surface area (Å²) in [5, 5.41) is 11.2. The molecule has 0 aliphatic heterocycles. The number of amides is 1. The van der Waals surface area contributed by atoms with Gasteiger partial charge in [-0.25, -0.2) is 4.98 Å². The van der Waals surface area contributed by atoms with Gasteiger partial charge < -0.3 is 4.90 Å². The Morgan fingerprint density at radius 1 is 1.44 bits per heavy atom. The quantitative estimate of drug-likeness (QED) is 0.864. The van der Waals surface area contributed by atoms with Crippen molar-refractivity contribution in [2.45, 2.75) is 26.3 Å². The first-order chi connectivity index (χ1) is 8.58. The van der Waals surface area contributed by atoms with Crippen LogP contribution < -0.4 is 0 Å². The maximum atomic E-state index is 12.1. The van der Waals surface area contributed by atoms with E-state index >= 15 is 0 Å². The van der Waals surface area contributed by atoms with Crippen molar-refractivity contribution in [1.29, 1.82) is 0 Å². The maximum Gasteiger partial charge on any atom is 0.284 e. The molecule has 0 saturated heterocycles. The van der Waals surface area contributed by atoms with Crippen molar-refractivity contribution in [2.24, 2.45) is 0 Å². The van der Waals surface area contributed by atoms with Gasteiger partial charge in [0.1, 0.15) is 5.01 Å². The van der Waals surface area contributed by atoms with E-state index in [0.29, 0.717) is 17.5 Å². The van der Waals surface area contributed by atoms with E-state index in [1.54, 1.807) is 17.5 Å². The lowest BCUT2D eigenvalue weighted by atomic mass is 10.2. The van der Waals surface area contributed by atoms with Gasteiger partial charge in [0.25, 0.3) is 5.91 Å². The molecule has 0 N–H and O–H groups in total. The van der Waals surface area contributed by atoms with Crippen molar-refractivity contribution in [3.8, 4) is 0 Å². The summed E-state index contributed by atoms with van der Waals surface area (Å²) in [7, 11) is 1.75. The van der Waals surface area contributed by atoms with E-state index in [2.05, 4.69) is 15.2 Å². The van der Waals surface area contributed by atoms with Gasteiger partial charge in [0.2, 0.25) is 5.01 Å². The number of rotatable bonds is 4. The predicted octanol–water partition coefficient (Wildman–Crippen LogP) is 2.39. The molecule has 7 heteroatoms. The fourth-order valence-electron chi connectivity index (χ4n) is 1.35. The van der Waals surface area contributed by atoms with Crippen LogP contribution in [-0.4, -0.2) is 33.0 Å². The number of nitrogens with zero attached hydrogens (tertiary/aromatic N) is 4. The van der Waals surface area contributed by atoms with Crippen LogP contribution in [0.25, 0.3) is 0 Å². The summed E-state index contributed by atoms with van der Waals surface area (Å²) in [4.78, 5) is 17.9. The molecule has 18 heavy (non-hydrogen) atoms. The molecule has 2 rings (SSSR count). The highest BCUT2D eigenvalue weighted by atomic mass is 32.1. The zero-order valence-electron chi connectivity index (χ0n) is 10.5. The molecule has 0 bridgehead atoms. The average Bonchev–Trinajstić information content (AvgIpc) is 2.98. The Bertz CT molecular complexity index is 521. The summed E-state index contributed by atoms with van der Waals surface area (Å²) >= 11 is 2.88. The lowest BCUT2D eigenvalue weighted by Gasteiger charge is -2.13. The zero-order chi connectivity index (χ0) is 13.1. The Morgan fingerprint density at radius 2 is 2.22 bits per heavy atom. The van der Waals surface area contributed by atoms with Crippen LogP contribution in [0.5, 0.6) is 0 Å². The molecule has 96 valence electrons. The third-order valence-electron chi connectivity index (χ3n) is 2.35. The zero-order valence-corrected chi connectivity index (χ0v) is 12.1. The molecule has 0 fully saturated rings. The minimum Gasteiger partial charge on any atom is -0.334 e. The minimum atomic E-state index is -0.104. The normalized spacial score (nSPS) is 10.9. The van der Waals surface area contributed by atoms with Crippen molar-refractivity contribution in [1.82, 2.24) is 20.1 Å². The second-order valence-electron chi connectivity index (χ2n) is 4.24. The van der Waals surface area contributed by atoms with Crippen LogP contribution in [0, 0.1) is 0 Å².